The van der Waals surface area contributed by atoms with Crippen molar-refractivity contribution in [2.24, 2.45) is 0 Å². The van der Waals surface area contributed by atoms with Crippen LogP contribution in [0.15, 0.2) is 35.0 Å². The molecule has 1 aromatic carbocycles. The van der Waals surface area contributed by atoms with Crippen LogP contribution in [0.2, 0.25) is 15.1 Å². The molecule has 0 unspecified atom stereocenters. The second kappa shape index (κ2) is 8.37. The number of nitrogens with zero attached hydrogens (tertiary/aromatic N) is 1. The van der Waals surface area contributed by atoms with E-state index in [-0.39, 0.29) is 26.4 Å². The lowest BCUT2D eigenvalue weighted by atomic mass is 10.3. The van der Waals surface area contributed by atoms with E-state index in [0.717, 1.165) is 9.88 Å². The molecule has 0 saturated heterocycles. The molecule has 0 atom stereocenters. The molecule has 0 aliphatic rings. The Kier molecular flexibility index (Phi) is 6.16. The Morgan fingerprint density at radius 2 is 1.88 bits per heavy atom. The number of thiophene rings is 1. The molecule has 0 saturated carbocycles. The van der Waals surface area contributed by atoms with Crippen molar-refractivity contribution in [1.29, 1.82) is 0 Å². The van der Waals surface area contributed by atoms with Gasteiger partial charge >= 0.3 is 5.97 Å². The Labute approximate surface area is 171 Å². The molecule has 3 rings (SSSR count). The number of rotatable bonds is 5. The van der Waals surface area contributed by atoms with Gasteiger partial charge in [-0.25, -0.2) is 9.78 Å². The minimum Gasteiger partial charge on any atom is -0.451 e. The molecule has 26 heavy (non-hydrogen) atoms. The summed E-state index contributed by atoms with van der Waals surface area (Å²) in [4.78, 5) is 29.2. The van der Waals surface area contributed by atoms with E-state index < -0.39 is 18.5 Å². The molecule has 0 bridgehead atoms. The van der Waals surface area contributed by atoms with Crippen LogP contribution < -0.4 is 5.32 Å². The molecule has 5 nitrogen and oxygen atoms in total. The summed E-state index contributed by atoms with van der Waals surface area (Å²) >= 11 is 20.6. The first-order valence-corrected chi connectivity index (χ1v) is 9.94. The Morgan fingerprint density at radius 3 is 2.62 bits per heavy atom. The van der Waals surface area contributed by atoms with Gasteiger partial charge in [0.2, 0.25) is 0 Å². The number of hydrogen-bond donors (Lipinski definition) is 1. The average molecular weight is 448 g/mol. The van der Waals surface area contributed by atoms with Crippen molar-refractivity contribution in [3.8, 4) is 9.88 Å². The first-order chi connectivity index (χ1) is 12.4. The van der Waals surface area contributed by atoms with Gasteiger partial charge in [0.15, 0.2) is 12.3 Å². The Balaban J connectivity index is 1.58. The maximum Gasteiger partial charge on any atom is 0.358 e. The fourth-order valence-corrected chi connectivity index (χ4v) is 4.09. The molecule has 2 aromatic heterocycles. The maximum absolute atomic E-state index is 12.0. The summed E-state index contributed by atoms with van der Waals surface area (Å²) in [6.07, 6.45) is 0. The molecule has 0 spiro atoms. The highest BCUT2D eigenvalue weighted by Crippen LogP contribution is 2.32. The van der Waals surface area contributed by atoms with Crippen LogP contribution in [0.4, 0.5) is 5.69 Å². The fraction of sp³-hybridized carbons (Fsp3) is 0.0625. The van der Waals surface area contributed by atoms with Crippen molar-refractivity contribution < 1.29 is 14.3 Å². The number of aromatic nitrogens is 1. The molecule has 0 radical (unpaired) electrons. The number of thiazole rings is 1. The van der Waals surface area contributed by atoms with Gasteiger partial charge in [-0.1, -0.05) is 40.9 Å². The summed E-state index contributed by atoms with van der Waals surface area (Å²) in [5.41, 5.74) is 0.425. The number of anilines is 1. The van der Waals surface area contributed by atoms with Crippen LogP contribution in [0.25, 0.3) is 9.88 Å². The zero-order valence-electron chi connectivity index (χ0n) is 12.8. The second-order valence-electron chi connectivity index (χ2n) is 4.89. The van der Waals surface area contributed by atoms with E-state index in [9.17, 15) is 9.59 Å². The standard InChI is InChI=1S/C16H9Cl3N2O3S2/c17-8-4-10(19)11(5-9(8)18)20-14(22)6-24-16(23)12-7-26-15(21-12)13-2-1-3-25-13/h1-5,7H,6H2,(H,20,22). The van der Waals surface area contributed by atoms with Gasteiger partial charge in [-0.15, -0.1) is 22.7 Å². The monoisotopic (exact) mass is 446 g/mol. The first kappa shape index (κ1) is 19.1. The van der Waals surface area contributed by atoms with E-state index in [1.807, 2.05) is 17.5 Å². The number of benzene rings is 1. The van der Waals surface area contributed by atoms with E-state index in [2.05, 4.69) is 10.3 Å². The maximum atomic E-state index is 12.0. The summed E-state index contributed by atoms with van der Waals surface area (Å²) in [7, 11) is 0. The van der Waals surface area contributed by atoms with Crippen molar-refractivity contribution in [1.82, 2.24) is 4.98 Å². The summed E-state index contributed by atoms with van der Waals surface area (Å²) in [6, 6.07) is 6.64. The van der Waals surface area contributed by atoms with E-state index in [1.165, 1.54) is 34.8 Å². The third-order valence-corrected chi connectivity index (χ3v) is 5.98. The summed E-state index contributed by atoms with van der Waals surface area (Å²) in [5, 5.41) is 7.47. The summed E-state index contributed by atoms with van der Waals surface area (Å²) in [5.74, 6) is -1.24. The molecule has 2 heterocycles. The second-order valence-corrected chi connectivity index (χ2v) is 7.91. The number of carbonyl (C=O) groups excluding carboxylic acids is 2. The Hall–Kier alpha value is -1.64. The van der Waals surface area contributed by atoms with Gasteiger partial charge in [-0.3, -0.25) is 4.79 Å². The number of carbonyl (C=O) groups is 2. The summed E-state index contributed by atoms with van der Waals surface area (Å²) < 4.78 is 4.98. The van der Waals surface area contributed by atoms with Gasteiger partial charge in [0.1, 0.15) is 5.01 Å². The minimum absolute atomic E-state index is 0.152. The van der Waals surface area contributed by atoms with Gasteiger partial charge in [-0.05, 0) is 23.6 Å². The number of ether oxygens (including phenoxy) is 1. The molecule has 0 aliphatic carbocycles. The quantitative estimate of drug-likeness (QED) is 0.407. The van der Waals surface area contributed by atoms with E-state index in [4.69, 9.17) is 39.5 Å². The molecule has 10 heteroatoms. The van der Waals surface area contributed by atoms with E-state index in [0.29, 0.717) is 0 Å². The first-order valence-electron chi connectivity index (χ1n) is 7.05. The zero-order valence-corrected chi connectivity index (χ0v) is 16.7. The Bertz CT molecular complexity index is 958. The molecular formula is C16H9Cl3N2O3S2. The van der Waals surface area contributed by atoms with Gasteiger partial charge in [0.25, 0.3) is 5.91 Å². The van der Waals surface area contributed by atoms with Crippen LogP contribution in [0.1, 0.15) is 10.5 Å². The molecule has 1 N–H and O–H groups in total. The lowest BCUT2D eigenvalue weighted by Crippen LogP contribution is -2.21. The van der Waals surface area contributed by atoms with Crippen LogP contribution in [-0.2, 0) is 9.53 Å². The smallest absolute Gasteiger partial charge is 0.358 e. The van der Waals surface area contributed by atoms with Crippen LogP contribution in [-0.4, -0.2) is 23.5 Å². The van der Waals surface area contributed by atoms with Gasteiger partial charge in [0, 0.05) is 5.38 Å². The largest absolute Gasteiger partial charge is 0.451 e. The van der Waals surface area contributed by atoms with Crippen LogP contribution in [0.3, 0.4) is 0 Å². The highest BCUT2D eigenvalue weighted by atomic mass is 35.5. The van der Waals surface area contributed by atoms with Crippen molar-refractivity contribution in [3.05, 3.63) is 55.8 Å². The van der Waals surface area contributed by atoms with Crippen molar-refractivity contribution in [2.75, 3.05) is 11.9 Å². The topological polar surface area (TPSA) is 68.3 Å². The molecule has 0 aliphatic heterocycles. The van der Waals surface area contributed by atoms with Gasteiger partial charge in [-0.2, -0.15) is 0 Å². The van der Waals surface area contributed by atoms with E-state index in [1.54, 1.807) is 5.38 Å². The molecule has 0 fully saturated rings. The van der Waals surface area contributed by atoms with E-state index >= 15 is 0 Å². The molecule has 1 amide bonds. The highest BCUT2D eigenvalue weighted by Gasteiger charge is 2.16. The fourth-order valence-electron chi connectivity index (χ4n) is 1.89. The highest BCUT2D eigenvalue weighted by molar-refractivity contribution is 7.20. The van der Waals surface area contributed by atoms with Gasteiger partial charge in [0.05, 0.1) is 25.6 Å². The average Bonchev–Trinajstić information content (AvgIpc) is 3.28. The molecular weight excluding hydrogens is 439 g/mol. The lowest BCUT2D eigenvalue weighted by molar-refractivity contribution is -0.119. The normalized spacial score (nSPS) is 10.6. The number of amides is 1. The van der Waals surface area contributed by atoms with Crippen molar-refractivity contribution in [3.63, 3.8) is 0 Å². The predicted molar refractivity (Wildman–Crippen MR) is 106 cm³/mol. The van der Waals surface area contributed by atoms with Crippen molar-refractivity contribution in [2.45, 2.75) is 0 Å². The van der Waals surface area contributed by atoms with Gasteiger partial charge < -0.3 is 10.1 Å². The third kappa shape index (κ3) is 4.55. The van der Waals surface area contributed by atoms with Crippen LogP contribution in [0, 0.1) is 0 Å². The number of hydrogen-bond acceptors (Lipinski definition) is 6. The SMILES string of the molecule is O=C(COC(=O)c1csc(-c2cccs2)n1)Nc1cc(Cl)c(Cl)cc1Cl. The Morgan fingerprint density at radius 1 is 1.12 bits per heavy atom. The molecule has 134 valence electrons. The predicted octanol–water partition coefficient (Wildman–Crippen LogP) is 5.63. The molecule has 3 aromatic rings. The lowest BCUT2D eigenvalue weighted by Gasteiger charge is -2.09. The minimum atomic E-state index is -0.681. The van der Waals surface area contributed by atoms with Crippen LogP contribution in [0.5, 0.6) is 0 Å². The number of nitrogens with one attached hydrogen (secondary N) is 1. The third-order valence-electron chi connectivity index (χ3n) is 3.06. The van der Waals surface area contributed by atoms with Crippen molar-refractivity contribution >= 4 is 75.0 Å². The summed E-state index contributed by atoms with van der Waals surface area (Å²) in [6.45, 7) is -0.485. The zero-order chi connectivity index (χ0) is 18.7. The number of halogens is 3. The number of esters is 1. The van der Waals surface area contributed by atoms with Crippen LogP contribution >= 0.6 is 57.5 Å².